The minimum atomic E-state index is -0.256. The molecule has 182 valence electrons. The van der Waals surface area contributed by atoms with Crippen LogP contribution in [-0.4, -0.2) is 15.0 Å². The van der Waals surface area contributed by atoms with Gasteiger partial charge in [-0.05, 0) is 24.3 Å². The number of fused-ring (bicyclic) bond motifs is 3. The van der Waals surface area contributed by atoms with Gasteiger partial charge in [0, 0.05) is 56.6 Å². The number of hydrogen-bond donors (Lipinski definition) is 0. The van der Waals surface area contributed by atoms with Crippen molar-refractivity contribution in [3.63, 3.8) is 0 Å². The van der Waals surface area contributed by atoms with Gasteiger partial charge in [-0.15, -0.1) is 0 Å². The maximum absolute atomic E-state index is 10.3. The summed E-state index contributed by atoms with van der Waals surface area (Å²) in [6.07, 6.45) is 4.34. The number of aromatic nitrogens is 3. The minimum Gasteiger partial charge on any atom is -0.259 e. The third-order valence-electron chi connectivity index (χ3n) is 7.12. The first-order valence-electron chi connectivity index (χ1n) is 12.5. The summed E-state index contributed by atoms with van der Waals surface area (Å²) >= 11 is 0. The van der Waals surface area contributed by atoms with Gasteiger partial charge in [0.15, 0.2) is 0 Å². The molecular formula is C33H20N6. The molecule has 39 heavy (non-hydrogen) atoms. The summed E-state index contributed by atoms with van der Waals surface area (Å²) < 4.78 is 0. The molecular weight excluding hydrogens is 480 g/mol. The third-order valence-corrected chi connectivity index (χ3v) is 7.12. The van der Waals surface area contributed by atoms with Gasteiger partial charge in [-0.1, -0.05) is 72.8 Å². The van der Waals surface area contributed by atoms with E-state index < -0.39 is 0 Å². The first-order valence-corrected chi connectivity index (χ1v) is 12.5. The van der Waals surface area contributed by atoms with Crippen LogP contribution < -0.4 is 0 Å². The number of nitrogens with zero attached hydrogens (tertiary/aromatic N) is 6. The molecule has 0 radical (unpaired) electrons. The lowest BCUT2D eigenvalue weighted by Crippen LogP contribution is -2.13. The maximum Gasteiger partial charge on any atom is 0.148 e. The zero-order valence-electron chi connectivity index (χ0n) is 20.8. The predicted octanol–water partition coefficient (Wildman–Crippen LogP) is 6.52. The molecule has 6 rings (SSSR count). The molecule has 0 spiro atoms. The molecule has 0 aliphatic rings. The van der Waals surface area contributed by atoms with Crippen molar-refractivity contribution in [2.45, 2.75) is 18.8 Å². The first-order chi connectivity index (χ1) is 19.2. The van der Waals surface area contributed by atoms with Crippen LogP contribution in [0.3, 0.4) is 0 Å². The van der Waals surface area contributed by atoms with Crippen LogP contribution in [0.1, 0.15) is 39.8 Å². The Labute approximate surface area is 225 Å². The number of pyridine rings is 3. The van der Waals surface area contributed by atoms with Gasteiger partial charge in [-0.3, -0.25) is 9.97 Å². The van der Waals surface area contributed by atoms with Crippen LogP contribution in [-0.2, 0) is 12.8 Å². The Morgan fingerprint density at radius 1 is 0.641 bits per heavy atom. The minimum absolute atomic E-state index is 0.256. The molecule has 1 atom stereocenters. The van der Waals surface area contributed by atoms with Gasteiger partial charge >= 0.3 is 0 Å². The highest BCUT2D eigenvalue weighted by molar-refractivity contribution is 5.90. The SMILES string of the molecule is N#Cc1nc(CC(Cc2ncc(C#N)c3ccccc23)c2ncc3ccccc3c2C#N)cc2ccccc12. The van der Waals surface area contributed by atoms with E-state index in [2.05, 4.69) is 23.2 Å². The molecule has 6 nitrogen and oxygen atoms in total. The number of rotatable bonds is 5. The summed E-state index contributed by atoms with van der Waals surface area (Å²) in [6, 6.07) is 32.0. The molecule has 0 N–H and O–H groups in total. The van der Waals surface area contributed by atoms with Gasteiger partial charge in [0.1, 0.15) is 23.9 Å². The van der Waals surface area contributed by atoms with Crippen LogP contribution in [0.4, 0.5) is 0 Å². The van der Waals surface area contributed by atoms with Crippen molar-refractivity contribution in [3.05, 3.63) is 125 Å². The summed E-state index contributed by atoms with van der Waals surface area (Å²) in [4.78, 5) is 14.2. The van der Waals surface area contributed by atoms with E-state index in [4.69, 9.17) is 9.97 Å². The Morgan fingerprint density at radius 2 is 1.33 bits per heavy atom. The van der Waals surface area contributed by atoms with Gasteiger partial charge in [0.05, 0.1) is 16.8 Å². The second-order valence-electron chi connectivity index (χ2n) is 9.39. The van der Waals surface area contributed by atoms with Crippen LogP contribution in [0.5, 0.6) is 0 Å². The van der Waals surface area contributed by atoms with E-state index in [1.54, 1.807) is 12.4 Å². The molecule has 0 saturated carbocycles. The number of benzene rings is 3. The van der Waals surface area contributed by atoms with Crippen molar-refractivity contribution in [1.29, 1.82) is 15.8 Å². The summed E-state index contributed by atoms with van der Waals surface area (Å²) in [5, 5.41) is 34.9. The van der Waals surface area contributed by atoms with Gasteiger partial charge in [0.25, 0.3) is 0 Å². The van der Waals surface area contributed by atoms with Crippen molar-refractivity contribution in [3.8, 4) is 18.2 Å². The highest BCUT2D eigenvalue weighted by Crippen LogP contribution is 2.33. The fourth-order valence-corrected chi connectivity index (χ4v) is 5.30. The lowest BCUT2D eigenvalue weighted by Gasteiger charge is -2.20. The van der Waals surface area contributed by atoms with E-state index in [0.29, 0.717) is 35.4 Å². The molecule has 1 unspecified atom stereocenters. The molecule has 3 aromatic carbocycles. The van der Waals surface area contributed by atoms with Crippen LogP contribution in [0.2, 0.25) is 0 Å². The average molecular weight is 501 g/mol. The summed E-state index contributed by atoms with van der Waals surface area (Å²) in [7, 11) is 0. The predicted molar refractivity (Wildman–Crippen MR) is 150 cm³/mol. The fraction of sp³-hybridized carbons (Fsp3) is 0.0909. The standard InChI is InChI=1S/C33H20N6/c34-16-24-20-37-31(29-12-6-5-10-27(24)29)15-23(33-30(17-35)26-9-3-2-8-22(26)19-38-33)14-25-13-21-7-1-4-11-28(21)32(18-36)39-25/h1-13,19-20,23H,14-15H2. The van der Waals surface area contributed by atoms with Crippen molar-refractivity contribution in [1.82, 2.24) is 15.0 Å². The van der Waals surface area contributed by atoms with Gasteiger partial charge in [-0.2, -0.15) is 15.8 Å². The van der Waals surface area contributed by atoms with Crippen LogP contribution >= 0.6 is 0 Å². The third kappa shape index (κ3) is 4.29. The Morgan fingerprint density at radius 3 is 2.08 bits per heavy atom. The zero-order chi connectivity index (χ0) is 26.8. The Bertz CT molecular complexity index is 2020. The Balaban J connectivity index is 1.53. The topological polar surface area (TPSA) is 110 Å². The van der Waals surface area contributed by atoms with Crippen LogP contribution in [0.25, 0.3) is 32.3 Å². The second kappa shape index (κ2) is 10.0. The Kier molecular flexibility index (Phi) is 6.10. The van der Waals surface area contributed by atoms with E-state index in [0.717, 1.165) is 43.7 Å². The van der Waals surface area contributed by atoms with Gasteiger partial charge in [0.2, 0.25) is 0 Å². The van der Waals surface area contributed by atoms with E-state index >= 15 is 0 Å². The highest BCUT2D eigenvalue weighted by Gasteiger charge is 2.23. The summed E-state index contributed by atoms with van der Waals surface area (Å²) in [5.74, 6) is -0.256. The van der Waals surface area contributed by atoms with E-state index in [9.17, 15) is 15.8 Å². The average Bonchev–Trinajstić information content (AvgIpc) is 2.99. The smallest absolute Gasteiger partial charge is 0.148 e. The van der Waals surface area contributed by atoms with Crippen molar-refractivity contribution >= 4 is 32.3 Å². The van der Waals surface area contributed by atoms with Crippen molar-refractivity contribution in [2.75, 3.05) is 0 Å². The normalized spacial score (nSPS) is 11.6. The van der Waals surface area contributed by atoms with Crippen molar-refractivity contribution < 1.29 is 0 Å². The number of nitriles is 3. The second-order valence-corrected chi connectivity index (χ2v) is 9.39. The van der Waals surface area contributed by atoms with E-state index in [-0.39, 0.29) is 5.92 Å². The summed E-state index contributed by atoms with van der Waals surface area (Å²) in [5.41, 5.74) is 3.64. The van der Waals surface area contributed by atoms with Gasteiger partial charge < -0.3 is 0 Å². The molecule has 6 heteroatoms. The molecule has 0 aliphatic carbocycles. The van der Waals surface area contributed by atoms with E-state index in [1.807, 2.05) is 78.9 Å². The molecule has 0 fully saturated rings. The molecule has 0 saturated heterocycles. The number of hydrogen-bond acceptors (Lipinski definition) is 6. The molecule has 3 heterocycles. The lowest BCUT2D eigenvalue weighted by molar-refractivity contribution is 0.641. The molecule has 6 aromatic rings. The molecule has 3 aromatic heterocycles. The molecule has 0 aliphatic heterocycles. The lowest BCUT2D eigenvalue weighted by atomic mass is 9.87. The van der Waals surface area contributed by atoms with E-state index in [1.165, 1.54) is 0 Å². The van der Waals surface area contributed by atoms with Crippen LogP contribution in [0.15, 0.2) is 91.3 Å². The first kappa shape index (κ1) is 23.7. The zero-order valence-corrected chi connectivity index (χ0v) is 20.8. The molecule has 0 bridgehead atoms. The fourth-order valence-electron chi connectivity index (χ4n) is 5.30. The highest BCUT2D eigenvalue weighted by atomic mass is 14.7. The quantitative estimate of drug-likeness (QED) is 0.267. The van der Waals surface area contributed by atoms with Crippen LogP contribution in [0, 0.1) is 34.0 Å². The largest absolute Gasteiger partial charge is 0.259 e. The maximum atomic E-state index is 10.3. The monoisotopic (exact) mass is 500 g/mol. The van der Waals surface area contributed by atoms with Gasteiger partial charge in [-0.25, -0.2) is 4.98 Å². The Hall–Kier alpha value is -5.64. The van der Waals surface area contributed by atoms with Crippen molar-refractivity contribution in [2.24, 2.45) is 0 Å². The summed E-state index contributed by atoms with van der Waals surface area (Å²) in [6.45, 7) is 0. The molecule has 0 amide bonds.